The zero-order chi connectivity index (χ0) is 15.7. The van der Waals surface area contributed by atoms with Gasteiger partial charge in [-0.05, 0) is 31.5 Å². The summed E-state index contributed by atoms with van der Waals surface area (Å²) in [5.41, 5.74) is 0.765. The summed E-state index contributed by atoms with van der Waals surface area (Å²) < 4.78 is 0. The first-order valence-corrected chi connectivity index (χ1v) is 8.04. The van der Waals surface area contributed by atoms with Crippen molar-refractivity contribution in [2.75, 3.05) is 31.1 Å². The van der Waals surface area contributed by atoms with Gasteiger partial charge in [-0.15, -0.1) is 12.4 Å². The topological polar surface area (TPSA) is 52.7 Å². The SMILES string of the molecule is C[C@@H]1CNCCN1C(=O)C1CCN(c2cccc(Cl)c2)C1=O.Cl. The van der Waals surface area contributed by atoms with Crippen molar-refractivity contribution in [3.8, 4) is 0 Å². The van der Waals surface area contributed by atoms with Crippen molar-refractivity contribution in [3.63, 3.8) is 0 Å². The van der Waals surface area contributed by atoms with E-state index >= 15 is 0 Å². The minimum Gasteiger partial charge on any atom is -0.337 e. The lowest BCUT2D eigenvalue weighted by Gasteiger charge is -2.35. The molecule has 2 aliphatic heterocycles. The molecule has 0 saturated carbocycles. The van der Waals surface area contributed by atoms with Gasteiger partial charge in [0.05, 0.1) is 0 Å². The largest absolute Gasteiger partial charge is 0.337 e. The number of piperazine rings is 1. The molecular formula is C16H21Cl2N3O2. The van der Waals surface area contributed by atoms with E-state index in [0.717, 1.165) is 18.8 Å². The first kappa shape index (κ1) is 18.0. The Kier molecular flexibility index (Phi) is 5.89. The molecule has 5 nitrogen and oxygen atoms in total. The van der Waals surface area contributed by atoms with Gasteiger partial charge in [0.25, 0.3) is 0 Å². The van der Waals surface area contributed by atoms with Crippen LogP contribution in [0.15, 0.2) is 24.3 Å². The molecule has 2 fully saturated rings. The third-order valence-corrected chi connectivity index (χ3v) is 4.64. The smallest absolute Gasteiger partial charge is 0.239 e. The molecule has 0 aliphatic carbocycles. The molecule has 0 radical (unpaired) electrons. The Morgan fingerprint density at radius 2 is 2.13 bits per heavy atom. The summed E-state index contributed by atoms with van der Waals surface area (Å²) in [6.07, 6.45) is 0.570. The van der Waals surface area contributed by atoms with E-state index in [2.05, 4.69) is 5.32 Å². The van der Waals surface area contributed by atoms with E-state index in [1.54, 1.807) is 17.0 Å². The normalized spacial score (nSPS) is 24.5. The Morgan fingerprint density at radius 1 is 1.35 bits per heavy atom. The van der Waals surface area contributed by atoms with Gasteiger partial charge < -0.3 is 15.1 Å². The number of rotatable bonds is 2. The van der Waals surface area contributed by atoms with Gasteiger partial charge in [-0.1, -0.05) is 17.7 Å². The summed E-state index contributed by atoms with van der Waals surface area (Å²) in [5, 5.41) is 3.85. The molecule has 2 atom stereocenters. The molecule has 0 spiro atoms. The number of anilines is 1. The summed E-state index contributed by atoms with van der Waals surface area (Å²) in [4.78, 5) is 28.8. The van der Waals surface area contributed by atoms with Gasteiger partial charge in [0, 0.05) is 42.9 Å². The van der Waals surface area contributed by atoms with Crippen LogP contribution in [-0.2, 0) is 9.59 Å². The molecule has 0 bridgehead atoms. The number of halogens is 2. The molecule has 2 heterocycles. The van der Waals surface area contributed by atoms with Crippen molar-refractivity contribution in [1.82, 2.24) is 10.2 Å². The zero-order valence-corrected chi connectivity index (χ0v) is 14.6. The van der Waals surface area contributed by atoms with Crippen LogP contribution in [-0.4, -0.2) is 48.9 Å². The highest BCUT2D eigenvalue weighted by Gasteiger charge is 2.41. The number of hydrogen-bond donors (Lipinski definition) is 1. The Hall–Kier alpha value is -1.30. The van der Waals surface area contributed by atoms with Crippen LogP contribution in [0.5, 0.6) is 0 Å². The van der Waals surface area contributed by atoms with Gasteiger partial charge in [-0.2, -0.15) is 0 Å². The van der Waals surface area contributed by atoms with E-state index in [-0.39, 0.29) is 30.3 Å². The Morgan fingerprint density at radius 3 is 2.83 bits per heavy atom. The average Bonchev–Trinajstić information content (AvgIpc) is 2.89. The zero-order valence-electron chi connectivity index (χ0n) is 13.0. The number of hydrogen-bond acceptors (Lipinski definition) is 3. The van der Waals surface area contributed by atoms with Crippen LogP contribution < -0.4 is 10.2 Å². The summed E-state index contributed by atoms with van der Waals surface area (Å²) in [5.74, 6) is -0.707. The second-order valence-electron chi connectivity index (χ2n) is 5.90. The number of carbonyl (C=O) groups is 2. The monoisotopic (exact) mass is 357 g/mol. The van der Waals surface area contributed by atoms with E-state index in [0.29, 0.717) is 24.5 Å². The van der Waals surface area contributed by atoms with Crippen LogP contribution in [0.2, 0.25) is 5.02 Å². The number of benzene rings is 1. The quantitative estimate of drug-likeness (QED) is 0.822. The van der Waals surface area contributed by atoms with Crippen molar-refractivity contribution >= 4 is 41.5 Å². The highest BCUT2D eigenvalue weighted by Crippen LogP contribution is 2.28. The molecule has 3 rings (SSSR count). The Bertz CT molecular complexity index is 596. The maximum atomic E-state index is 12.7. The van der Waals surface area contributed by atoms with E-state index < -0.39 is 5.92 Å². The molecule has 126 valence electrons. The number of carbonyl (C=O) groups excluding carboxylic acids is 2. The molecule has 2 aliphatic rings. The first-order valence-electron chi connectivity index (χ1n) is 7.66. The van der Waals surface area contributed by atoms with Crippen molar-refractivity contribution < 1.29 is 9.59 Å². The van der Waals surface area contributed by atoms with Crippen LogP contribution in [0, 0.1) is 5.92 Å². The van der Waals surface area contributed by atoms with Crippen LogP contribution in [0.1, 0.15) is 13.3 Å². The summed E-state index contributed by atoms with van der Waals surface area (Å²) in [6, 6.07) is 7.34. The maximum Gasteiger partial charge on any atom is 0.239 e. The number of nitrogens with zero attached hydrogens (tertiary/aromatic N) is 2. The minimum absolute atomic E-state index is 0. The Labute approximate surface area is 147 Å². The predicted octanol–water partition coefficient (Wildman–Crippen LogP) is 1.94. The van der Waals surface area contributed by atoms with Crippen LogP contribution in [0.4, 0.5) is 5.69 Å². The number of amides is 2. The van der Waals surface area contributed by atoms with Crippen LogP contribution in [0.3, 0.4) is 0 Å². The lowest BCUT2D eigenvalue weighted by Crippen LogP contribution is -2.54. The third-order valence-electron chi connectivity index (χ3n) is 4.41. The van der Waals surface area contributed by atoms with E-state index in [9.17, 15) is 9.59 Å². The van der Waals surface area contributed by atoms with E-state index in [1.165, 1.54) is 0 Å². The van der Waals surface area contributed by atoms with E-state index in [4.69, 9.17) is 11.6 Å². The molecule has 1 aromatic carbocycles. The highest BCUT2D eigenvalue weighted by atomic mass is 35.5. The van der Waals surface area contributed by atoms with Gasteiger partial charge in [0.2, 0.25) is 11.8 Å². The summed E-state index contributed by atoms with van der Waals surface area (Å²) in [6.45, 7) is 4.81. The average molecular weight is 358 g/mol. The van der Waals surface area contributed by atoms with Gasteiger partial charge in [0.1, 0.15) is 5.92 Å². The summed E-state index contributed by atoms with van der Waals surface area (Å²) in [7, 11) is 0. The molecule has 7 heteroatoms. The fourth-order valence-electron chi connectivity index (χ4n) is 3.18. The predicted molar refractivity (Wildman–Crippen MR) is 93.2 cm³/mol. The fraction of sp³-hybridized carbons (Fsp3) is 0.500. The van der Waals surface area contributed by atoms with Gasteiger partial charge in [-0.25, -0.2) is 0 Å². The van der Waals surface area contributed by atoms with Gasteiger partial charge >= 0.3 is 0 Å². The molecule has 0 aromatic heterocycles. The molecule has 1 aromatic rings. The Balaban J connectivity index is 0.00000192. The molecule has 23 heavy (non-hydrogen) atoms. The molecule has 1 unspecified atom stereocenters. The van der Waals surface area contributed by atoms with Crippen molar-refractivity contribution in [2.45, 2.75) is 19.4 Å². The molecular weight excluding hydrogens is 337 g/mol. The minimum atomic E-state index is -0.556. The molecule has 1 N–H and O–H groups in total. The van der Waals surface area contributed by atoms with Crippen LogP contribution in [0.25, 0.3) is 0 Å². The maximum absolute atomic E-state index is 12.7. The van der Waals surface area contributed by atoms with Gasteiger partial charge in [0.15, 0.2) is 0 Å². The second-order valence-corrected chi connectivity index (χ2v) is 6.33. The standard InChI is InChI=1S/C16H20ClN3O2.ClH/c1-11-10-18-6-8-19(11)15(21)14-5-7-20(16(14)22)13-4-2-3-12(17)9-13;/h2-4,9,11,14,18H,5-8,10H2,1H3;1H/t11-,14?;/m1./s1. The van der Waals surface area contributed by atoms with Crippen LogP contribution >= 0.6 is 24.0 Å². The molecule has 2 amide bonds. The third kappa shape index (κ3) is 3.62. The number of nitrogens with one attached hydrogen (secondary N) is 1. The summed E-state index contributed by atoms with van der Waals surface area (Å²) >= 11 is 5.99. The lowest BCUT2D eigenvalue weighted by molar-refractivity contribution is -0.142. The van der Waals surface area contributed by atoms with Crippen molar-refractivity contribution in [2.24, 2.45) is 5.92 Å². The highest BCUT2D eigenvalue weighted by molar-refractivity contribution is 6.31. The van der Waals surface area contributed by atoms with Gasteiger partial charge in [-0.3, -0.25) is 9.59 Å². The van der Waals surface area contributed by atoms with Crippen molar-refractivity contribution in [1.29, 1.82) is 0 Å². The molecule has 2 saturated heterocycles. The van der Waals surface area contributed by atoms with E-state index in [1.807, 2.05) is 24.0 Å². The second kappa shape index (κ2) is 7.51. The first-order chi connectivity index (χ1) is 10.6. The van der Waals surface area contributed by atoms with Crippen molar-refractivity contribution in [3.05, 3.63) is 29.3 Å². The lowest BCUT2D eigenvalue weighted by atomic mass is 10.0. The fourth-order valence-corrected chi connectivity index (χ4v) is 3.36.